The number of nitrogens with zero attached hydrogens (tertiary/aromatic N) is 2. The Morgan fingerprint density at radius 3 is 2.62 bits per heavy atom. The van der Waals surface area contributed by atoms with Gasteiger partial charge in [0.2, 0.25) is 10.0 Å². The van der Waals surface area contributed by atoms with Crippen LogP contribution in [0.5, 0.6) is 0 Å². The van der Waals surface area contributed by atoms with Crippen LogP contribution in [-0.4, -0.2) is 58.3 Å². The molecule has 2 aliphatic rings. The van der Waals surface area contributed by atoms with Crippen LogP contribution in [0.2, 0.25) is 0 Å². The van der Waals surface area contributed by atoms with Crippen molar-refractivity contribution in [2.75, 3.05) is 39.0 Å². The second kappa shape index (κ2) is 6.96. The highest BCUT2D eigenvalue weighted by Gasteiger charge is 2.43. The highest BCUT2D eigenvalue weighted by molar-refractivity contribution is 7.88. The summed E-state index contributed by atoms with van der Waals surface area (Å²) in [4.78, 5) is 7.00. The molecule has 1 saturated heterocycles. The molecular weight excluding hydrogens is 288 g/mol. The lowest BCUT2D eigenvalue weighted by Gasteiger charge is -2.38. The van der Waals surface area contributed by atoms with E-state index < -0.39 is 10.0 Å². The Bertz CT molecular complexity index is 471. The number of likely N-dealkylation sites (tertiary alicyclic amines) is 1. The fourth-order valence-corrected chi connectivity index (χ4v) is 3.66. The minimum Gasteiger partial charge on any atom is -0.357 e. The van der Waals surface area contributed by atoms with Gasteiger partial charge in [-0.15, -0.1) is 0 Å². The number of guanidine groups is 1. The van der Waals surface area contributed by atoms with Crippen LogP contribution in [0.3, 0.4) is 0 Å². The number of hydrogen-bond acceptors (Lipinski definition) is 3. The van der Waals surface area contributed by atoms with Gasteiger partial charge in [-0.25, -0.2) is 13.1 Å². The minimum absolute atomic E-state index is 0.450. The van der Waals surface area contributed by atoms with Gasteiger partial charge in [0.25, 0.3) is 0 Å². The Balaban J connectivity index is 1.79. The van der Waals surface area contributed by atoms with E-state index in [0.29, 0.717) is 18.5 Å². The first kappa shape index (κ1) is 16.5. The molecule has 0 unspecified atom stereocenters. The molecule has 0 amide bonds. The normalized spacial score (nSPS) is 21.6. The van der Waals surface area contributed by atoms with Crippen molar-refractivity contribution in [1.82, 2.24) is 14.9 Å². The SMILES string of the molecule is CCNC(=NCCCNS(C)(=O)=O)N1CCC2(CCC2)C1. The molecule has 0 aromatic heterocycles. The summed E-state index contributed by atoms with van der Waals surface area (Å²) in [6.07, 6.45) is 7.29. The third kappa shape index (κ3) is 4.85. The molecule has 1 saturated carbocycles. The van der Waals surface area contributed by atoms with E-state index in [1.807, 2.05) is 0 Å². The van der Waals surface area contributed by atoms with Gasteiger partial charge in [-0.2, -0.15) is 0 Å². The second-order valence-corrected chi connectivity index (χ2v) is 8.11. The fourth-order valence-electron chi connectivity index (χ4n) is 3.15. The van der Waals surface area contributed by atoms with E-state index in [4.69, 9.17) is 0 Å². The molecule has 0 bridgehead atoms. The molecule has 0 radical (unpaired) electrons. The molecule has 0 aromatic carbocycles. The molecule has 0 aromatic rings. The van der Waals surface area contributed by atoms with Crippen molar-refractivity contribution in [2.45, 2.75) is 39.0 Å². The molecule has 0 atom stereocenters. The Morgan fingerprint density at radius 1 is 1.33 bits per heavy atom. The average Bonchev–Trinajstić information content (AvgIpc) is 2.81. The van der Waals surface area contributed by atoms with E-state index in [-0.39, 0.29) is 0 Å². The van der Waals surface area contributed by atoms with Crippen LogP contribution in [0.1, 0.15) is 39.0 Å². The van der Waals surface area contributed by atoms with Gasteiger partial charge in [-0.05, 0) is 38.0 Å². The Morgan fingerprint density at radius 2 is 2.10 bits per heavy atom. The summed E-state index contributed by atoms with van der Waals surface area (Å²) in [7, 11) is -3.09. The van der Waals surface area contributed by atoms with Gasteiger partial charge in [0.05, 0.1) is 6.26 Å². The first-order valence-corrected chi connectivity index (χ1v) is 9.81. The number of hydrogen-bond donors (Lipinski definition) is 2. The summed E-state index contributed by atoms with van der Waals surface area (Å²) >= 11 is 0. The first-order chi connectivity index (χ1) is 9.94. The number of rotatable bonds is 6. The zero-order valence-electron chi connectivity index (χ0n) is 13.2. The summed E-state index contributed by atoms with van der Waals surface area (Å²) in [5.74, 6) is 0.987. The molecule has 1 aliphatic heterocycles. The molecule has 6 nitrogen and oxygen atoms in total. The van der Waals surface area contributed by atoms with Crippen molar-refractivity contribution >= 4 is 16.0 Å². The molecule has 1 heterocycles. The summed E-state index contributed by atoms with van der Waals surface area (Å²) < 4.78 is 24.5. The monoisotopic (exact) mass is 316 g/mol. The summed E-state index contributed by atoms with van der Waals surface area (Å²) in [5.41, 5.74) is 0.564. The topological polar surface area (TPSA) is 73.8 Å². The molecule has 2 fully saturated rings. The predicted octanol–water partition coefficient (Wildman–Crippen LogP) is 0.767. The predicted molar refractivity (Wildman–Crippen MR) is 85.9 cm³/mol. The lowest BCUT2D eigenvalue weighted by molar-refractivity contribution is 0.151. The van der Waals surface area contributed by atoms with E-state index in [1.54, 1.807) is 0 Å². The van der Waals surface area contributed by atoms with Gasteiger partial charge in [0.1, 0.15) is 0 Å². The quantitative estimate of drug-likeness (QED) is 0.431. The maximum Gasteiger partial charge on any atom is 0.208 e. The average molecular weight is 316 g/mol. The molecule has 2 rings (SSSR count). The van der Waals surface area contributed by atoms with Crippen LogP contribution in [0, 0.1) is 5.41 Å². The smallest absolute Gasteiger partial charge is 0.208 e. The van der Waals surface area contributed by atoms with E-state index in [2.05, 4.69) is 26.9 Å². The maximum absolute atomic E-state index is 11.0. The maximum atomic E-state index is 11.0. The number of sulfonamides is 1. The van der Waals surface area contributed by atoms with E-state index in [0.717, 1.165) is 32.0 Å². The van der Waals surface area contributed by atoms with Gasteiger partial charge in [-0.1, -0.05) is 6.42 Å². The molecule has 1 spiro atoms. The van der Waals surface area contributed by atoms with E-state index in [9.17, 15) is 8.42 Å². The summed E-state index contributed by atoms with van der Waals surface area (Å²) in [5, 5.41) is 3.35. The van der Waals surface area contributed by atoms with Crippen molar-refractivity contribution in [3.05, 3.63) is 0 Å². The zero-order valence-corrected chi connectivity index (χ0v) is 14.0. The van der Waals surface area contributed by atoms with Gasteiger partial charge in [0, 0.05) is 32.7 Å². The van der Waals surface area contributed by atoms with Crippen LogP contribution in [-0.2, 0) is 10.0 Å². The third-order valence-corrected chi connectivity index (χ3v) is 5.18. The van der Waals surface area contributed by atoms with Gasteiger partial charge >= 0.3 is 0 Å². The van der Waals surface area contributed by atoms with Crippen LogP contribution in [0.15, 0.2) is 4.99 Å². The molecule has 122 valence electrons. The van der Waals surface area contributed by atoms with Gasteiger partial charge in [-0.3, -0.25) is 4.99 Å². The van der Waals surface area contributed by atoms with Crippen LogP contribution >= 0.6 is 0 Å². The Hall–Kier alpha value is -0.820. The van der Waals surface area contributed by atoms with Crippen molar-refractivity contribution in [1.29, 1.82) is 0 Å². The fraction of sp³-hybridized carbons (Fsp3) is 0.929. The van der Waals surface area contributed by atoms with Gasteiger partial charge in [0.15, 0.2) is 5.96 Å². The van der Waals surface area contributed by atoms with Crippen molar-refractivity contribution < 1.29 is 8.42 Å². The third-order valence-electron chi connectivity index (χ3n) is 4.45. The van der Waals surface area contributed by atoms with Crippen molar-refractivity contribution in [3.8, 4) is 0 Å². The molecule has 21 heavy (non-hydrogen) atoms. The lowest BCUT2D eigenvalue weighted by atomic mass is 9.68. The Labute approximate surface area is 128 Å². The number of aliphatic imine (C=N–C) groups is 1. The molecular formula is C14H28N4O2S. The molecule has 7 heteroatoms. The van der Waals surface area contributed by atoms with Crippen molar-refractivity contribution in [2.24, 2.45) is 10.4 Å². The van der Waals surface area contributed by atoms with Crippen molar-refractivity contribution in [3.63, 3.8) is 0 Å². The second-order valence-electron chi connectivity index (χ2n) is 6.28. The molecule has 2 N–H and O–H groups in total. The largest absolute Gasteiger partial charge is 0.357 e. The van der Waals surface area contributed by atoms with Crippen LogP contribution in [0.25, 0.3) is 0 Å². The summed E-state index contributed by atoms with van der Waals surface area (Å²) in [6.45, 7) is 6.26. The number of nitrogens with one attached hydrogen (secondary N) is 2. The van der Waals surface area contributed by atoms with Crippen LogP contribution in [0.4, 0.5) is 0 Å². The minimum atomic E-state index is -3.09. The zero-order chi connectivity index (χ0) is 15.3. The first-order valence-electron chi connectivity index (χ1n) is 7.92. The molecule has 1 aliphatic carbocycles. The highest BCUT2D eigenvalue weighted by atomic mass is 32.2. The highest BCUT2D eigenvalue weighted by Crippen LogP contribution is 2.47. The van der Waals surface area contributed by atoms with Gasteiger partial charge < -0.3 is 10.2 Å². The van der Waals surface area contributed by atoms with Crippen LogP contribution < -0.4 is 10.0 Å². The Kier molecular flexibility index (Phi) is 5.48. The standard InChI is InChI=1S/C14H28N4O2S/c1-3-15-13(16-9-5-10-17-21(2,19)20)18-11-8-14(12-18)6-4-7-14/h17H,3-12H2,1-2H3,(H,15,16). The summed E-state index contributed by atoms with van der Waals surface area (Å²) in [6, 6.07) is 0. The lowest BCUT2D eigenvalue weighted by Crippen LogP contribution is -2.42. The van der Waals surface area contributed by atoms with E-state index >= 15 is 0 Å². The van der Waals surface area contributed by atoms with E-state index in [1.165, 1.54) is 31.9 Å².